The Balaban J connectivity index is 2.01. The molecule has 0 amide bonds. The summed E-state index contributed by atoms with van der Waals surface area (Å²) in [7, 11) is 1.62. The van der Waals surface area contributed by atoms with Crippen molar-refractivity contribution in [1.29, 1.82) is 0 Å². The third-order valence-corrected chi connectivity index (χ3v) is 3.58. The lowest BCUT2D eigenvalue weighted by Crippen LogP contribution is -2.29. The molecule has 1 N–H and O–H groups in total. The highest BCUT2D eigenvalue weighted by atomic mass is 19.1. The molecule has 0 aromatic heterocycles. The van der Waals surface area contributed by atoms with Crippen LogP contribution in [0.25, 0.3) is 0 Å². The summed E-state index contributed by atoms with van der Waals surface area (Å²) in [5.41, 5.74) is 0.889. The van der Waals surface area contributed by atoms with Crippen LogP contribution in [0, 0.1) is 11.7 Å². The molecule has 1 aliphatic rings. The topological polar surface area (TPSA) is 21.3 Å². The molecule has 1 aromatic carbocycles. The molecule has 0 bridgehead atoms. The van der Waals surface area contributed by atoms with Crippen LogP contribution in [-0.2, 0) is 0 Å². The molecule has 2 atom stereocenters. The molecule has 1 fully saturated rings. The van der Waals surface area contributed by atoms with E-state index in [0.29, 0.717) is 6.04 Å². The van der Waals surface area contributed by atoms with Crippen LogP contribution in [0.1, 0.15) is 44.7 Å². The summed E-state index contributed by atoms with van der Waals surface area (Å²) in [6.45, 7) is 4.25. The van der Waals surface area contributed by atoms with Crippen molar-refractivity contribution in [2.45, 2.75) is 45.2 Å². The van der Waals surface area contributed by atoms with Crippen LogP contribution in [0.15, 0.2) is 18.2 Å². The van der Waals surface area contributed by atoms with E-state index in [2.05, 4.69) is 19.2 Å². The van der Waals surface area contributed by atoms with Crippen molar-refractivity contribution < 1.29 is 9.13 Å². The van der Waals surface area contributed by atoms with Crippen LogP contribution >= 0.6 is 0 Å². The molecule has 2 rings (SSSR count). The first-order valence-corrected chi connectivity index (χ1v) is 6.69. The number of nitrogens with one attached hydrogen (secondary N) is 1. The van der Waals surface area contributed by atoms with Gasteiger partial charge in [-0.2, -0.15) is 0 Å². The molecule has 3 heteroatoms. The molecule has 1 aliphatic carbocycles. The summed E-state index contributed by atoms with van der Waals surface area (Å²) in [6.07, 6.45) is 3.94. The van der Waals surface area contributed by atoms with Crippen molar-refractivity contribution in [1.82, 2.24) is 5.32 Å². The van der Waals surface area contributed by atoms with E-state index >= 15 is 0 Å². The quantitative estimate of drug-likeness (QED) is 0.833. The van der Waals surface area contributed by atoms with Crippen LogP contribution in [-0.4, -0.2) is 13.2 Å². The Morgan fingerprint density at radius 3 is 2.72 bits per heavy atom. The van der Waals surface area contributed by atoms with Gasteiger partial charge in [-0.1, -0.05) is 12.8 Å². The second-order valence-electron chi connectivity index (χ2n) is 5.35. The maximum Gasteiger partial charge on any atom is 0.123 e. The van der Waals surface area contributed by atoms with Crippen molar-refractivity contribution in [2.24, 2.45) is 5.92 Å². The van der Waals surface area contributed by atoms with Crippen LogP contribution < -0.4 is 10.1 Å². The van der Waals surface area contributed by atoms with Gasteiger partial charge in [0.2, 0.25) is 0 Å². The minimum atomic E-state index is -0.214. The van der Waals surface area contributed by atoms with E-state index < -0.39 is 0 Å². The molecule has 2 nitrogen and oxygen atoms in total. The average Bonchev–Trinajstić information content (AvgIpc) is 3.12. The maximum atomic E-state index is 13.3. The Labute approximate surface area is 109 Å². The van der Waals surface area contributed by atoms with Gasteiger partial charge in [0.25, 0.3) is 0 Å². The highest BCUT2D eigenvalue weighted by Crippen LogP contribution is 2.34. The largest absolute Gasteiger partial charge is 0.496 e. The summed E-state index contributed by atoms with van der Waals surface area (Å²) in [5.74, 6) is 1.43. The Bertz CT molecular complexity index is 403. The zero-order chi connectivity index (χ0) is 13.1. The van der Waals surface area contributed by atoms with Gasteiger partial charge in [0.1, 0.15) is 11.6 Å². The van der Waals surface area contributed by atoms with Crippen molar-refractivity contribution >= 4 is 0 Å². The summed E-state index contributed by atoms with van der Waals surface area (Å²) in [5, 5.41) is 3.52. The van der Waals surface area contributed by atoms with Gasteiger partial charge in [-0.15, -0.1) is 0 Å². The third-order valence-electron chi connectivity index (χ3n) is 3.58. The first-order valence-electron chi connectivity index (χ1n) is 6.69. The predicted octanol–water partition coefficient (Wildman–Crippen LogP) is 3.67. The number of ether oxygens (including phenoxy) is 1. The van der Waals surface area contributed by atoms with E-state index in [1.54, 1.807) is 19.2 Å². The number of hydrogen-bond donors (Lipinski definition) is 1. The van der Waals surface area contributed by atoms with E-state index in [-0.39, 0.29) is 11.9 Å². The molecule has 2 unspecified atom stereocenters. The lowest BCUT2D eigenvalue weighted by molar-refractivity contribution is 0.387. The molecule has 100 valence electrons. The highest BCUT2D eigenvalue weighted by Gasteiger charge is 2.24. The minimum Gasteiger partial charge on any atom is -0.496 e. The standard InChI is InChI=1S/C15H22FNO/c1-10(8-12-4-5-12)17-11(2)14-9-13(16)6-7-15(14)18-3/h6-7,9-12,17H,4-5,8H2,1-3H3. The van der Waals surface area contributed by atoms with Crippen LogP contribution in [0.3, 0.4) is 0 Å². The first kappa shape index (κ1) is 13.3. The van der Waals surface area contributed by atoms with E-state index in [1.165, 1.54) is 25.3 Å². The molecule has 1 saturated carbocycles. The Morgan fingerprint density at radius 1 is 1.39 bits per heavy atom. The Morgan fingerprint density at radius 2 is 2.11 bits per heavy atom. The Kier molecular flexibility index (Phi) is 4.23. The molecule has 0 saturated heterocycles. The number of benzene rings is 1. The van der Waals surface area contributed by atoms with Gasteiger partial charge in [-0.25, -0.2) is 4.39 Å². The first-order chi connectivity index (χ1) is 8.60. The summed E-state index contributed by atoms with van der Waals surface area (Å²) in [6, 6.07) is 5.24. The monoisotopic (exact) mass is 251 g/mol. The number of hydrogen-bond acceptors (Lipinski definition) is 2. The second kappa shape index (κ2) is 5.70. The van der Waals surface area contributed by atoms with Crippen LogP contribution in [0.2, 0.25) is 0 Å². The molecule has 1 aromatic rings. The number of halogens is 1. The lowest BCUT2D eigenvalue weighted by atomic mass is 10.0. The average molecular weight is 251 g/mol. The van der Waals surface area contributed by atoms with E-state index in [4.69, 9.17) is 4.74 Å². The van der Waals surface area contributed by atoms with E-state index in [1.807, 2.05) is 0 Å². The van der Waals surface area contributed by atoms with Crippen molar-refractivity contribution in [2.75, 3.05) is 7.11 Å². The summed E-state index contributed by atoms with van der Waals surface area (Å²) < 4.78 is 18.6. The highest BCUT2D eigenvalue weighted by molar-refractivity contribution is 5.36. The minimum absolute atomic E-state index is 0.101. The zero-order valence-electron chi connectivity index (χ0n) is 11.4. The van der Waals surface area contributed by atoms with Gasteiger partial charge in [0, 0.05) is 17.6 Å². The second-order valence-corrected chi connectivity index (χ2v) is 5.35. The molecule has 0 aliphatic heterocycles. The van der Waals surface area contributed by atoms with Crippen molar-refractivity contribution in [3.8, 4) is 5.75 Å². The third kappa shape index (κ3) is 3.45. The lowest BCUT2D eigenvalue weighted by Gasteiger charge is -2.22. The fourth-order valence-corrected chi connectivity index (χ4v) is 2.48. The molecule has 18 heavy (non-hydrogen) atoms. The van der Waals surface area contributed by atoms with Gasteiger partial charge in [-0.05, 0) is 44.4 Å². The Hall–Kier alpha value is -1.09. The summed E-state index contributed by atoms with van der Waals surface area (Å²) >= 11 is 0. The molecular formula is C15H22FNO. The maximum absolute atomic E-state index is 13.3. The van der Waals surface area contributed by atoms with Crippen molar-refractivity contribution in [3.05, 3.63) is 29.6 Å². The van der Waals surface area contributed by atoms with E-state index in [0.717, 1.165) is 17.2 Å². The van der Waals surface area contributed by atoms with Crippen molar-refractivity contribution in [3.63, 3.8) is 0 Å². The number of rotatable bonds is 6. The van der Waals surface area contributed by atoms with Gasteiger partial charge < -0.3 is 10.1 Å². The van der Waals surface area contributed by atoms with Gasteiger partial charge >= 0.3 is 0 Å². The molecule has 0 radical (unpaired) electrons. The fourth-order valence-electron chi connectivity index (χ4n) is 2.48. The summed E-state index contributed by atoms with van der Waals surface area (Å²) in [4.78, 5) is 0. The zero-order valence-corrected chi connectivity index (χ0v) is 11.4. The van der Waals surface area contributed by atoms with E-state index in [9.17, 15) is 4.39 Å². The SMILES string of the molecule is COc1ccc(F)cc1C(C)NC(C)CC1CC1. The fraction of sp³-hybridized carbons (Fsp3) is 0.600. The number of methoxy groups -OCH3 is 1. The smallest absolute Gasteiger partial charge is 0.123 e. The van der Waals surface area contributed by atoms with Gasteiger partial charge in [0.15, 0.2) is 0 Å². The van der Waals surface area contributed by atoms with Crippen LogP contribution in [0.5, 0.6) is 5.75 Å². The molecule has 0 spiro atoms. The van der Waals surface area contributed by atoms with Gasteiger partial charge in [0.05, 0.1) is 7.11 Å². The molecular weight excluding hydrogens is 229 g/mol. The predicted molar refractivity (Wildman–Crippen MR) is 71.3 cm³/mol. The van der Waals surface area contributed by atoms with Gasteiger partial charge in [-0.3, -0.25) is 0 Å². The molecule has 0 heterocycles. The normalized spacial score (nSPS) is 18.4. The van der Waals surface area contributed by atoms with Crippen LogP contribution in [0.4, 0.5) is 4.39 Å².